The van der Waals surface area contributed by atoms with Crippen molar-refractivity contribution in [1.82, 2.24) is 10.3 Å². The van der Waals surface area contributed by atoms with E-state index in [4.69, 9.17) is 19.3 Å². The van der Waals surface area contributed by atoms with Crippen LogP contribution in [-0.4, -0.2) is 48.4 Å². The molecule has 0 aliphatic rings. The smallest absolute Gasteiger partial charge is 0.414 e. The molecule has 1 aromatic rings. The number of carbonyl (C=O) groups excluding carboxylic acids is 2. The summed E-state index contributed by atoms with van der Waals surface area (Å²) in [5, 5.41) is 10.5. The fourth-order valence-electron chi connectivity index (χ4n) is 1.64. The Balaban J connectivity index is 2.68. The second-order valence-electron chi connectivity index (χ2n) is 4.71. The highest BCUT2D eigenvalue weighted by Gasteiger charge is 2.16. The van der Waals surface area contributed by atoms with Gasteiger partial charge in [-0.3, -0.25) is 4.79 Å². The number of hydrogen-bond acceptors (Lipinski definition) is 7. The Kier molecular flexibility index (Phi) is 8.03. The predicted molar refractivity (Wildman–Crippen MR) is 82.3 cm³/mol. The monoisotopic (exact) mass is 340 g/mol. The second-order valence-corrected chi connectivity index (χ2v) is 4.71. The number of hydrogen-bond donors (Lipinski definition) is 2. The minimum absolute atomic E-state index is 0.0449. The van der Waals surface area contributed by atoms with Gasteiger partial charge >= 0.3 is 18.0 Å². The molecule has 0 fully saturated rings. The van der Waals surface area contributed by atoms with E-state index >= 15 is 0 Å². The predicted octanol–water partition coefficient (Wildman–Crippen LogP) is 1.61. The number of carboxylic acid groups (broad SMARTS) is 1. The highest BCUT2D eigenvalue weighted by Crippen LogP contribution is 2.25. The van der Waals surface area contributed by atoms with Crippen LogP contribution in [0.15, 0.2) is 12.3 Å². The Hall–Kier alpha value is -2.84. The van der Waals surface area contributed by atoms with Gasteiger partial charge in [-0.25, -0.2) is 14.6 Å². The van der Waals surface area contributed by atoms with Crippen LogP contribution in [0, 0.1) is 0 Å². The van der Waals surface area contributed by atoms with E-state index in [1.807, 2.05) is 12.2 Å². The van der Waals surface area contributed by atoms with Crippen LogP contribution in [0.2, 0.25) is 0 Å². The van der Waals surface area contributed by atoms with E-state index < -0.39 is 24.6 Å². The molecular weight excluding hydrogens is 320 g/mol. The lowest BCUT2D eigenvalue weighted by molar-refractivity contribution is -0.135. The molecule has 0 radical (unpaired) electrons. The number of aromatic nitrogens is 1. The SMILES string of the molecule is CCCCCOC(=O)c1cnc(OC(=O)NCC(=O)O)c(OC)c1. The molecule has 2 N–H and O–H groups in total. The van der Waals surface area contributed by atoms with Crippen molar-refractivity contribution >= 4 is 18.0 Å². The molecule has 1 rings (SSSR count). The zero-order valence-electron chi connectivity index (χ0n) is 13.5. The van der Waals surface area contributed by atoms with Gasteiger partial charge in [-0.2, -0.15) is 0 Å². The van der Waals surface area contributed by atoms with Crippen molar-refractivity contribution < 1.29 is 33.7 Å². The Bertz CT molecular complexity index is 589. The molecule has 0 atom stereocenters. The first kappa shape index (κ1) is 19.2. The van der Waals surface area contributed by atoms with Crippen LogP contribution in [0.25, 0.3) is 0 Å². The number of esters is 1. The van der Waals surface area contributed by atoms with Crippen LogP contribution in [0.1, 0.15) is 36.5 Å². The maximum absolute atomic E-state index is 11.9. The second kappa shape index (κ2) is 10.0. The number of carboxylic acids is 1. The molecule has 1 amide bonds. The minimum atomic E-state index is -1.21. The molecule has 0 aliphatic carbocycles. The molecule has 132 valence electrons. The first-order chi connectivity index (χ1) is 11.5. The van der Waals surface area contributed by atoms with E-state index in [1.54, 1.807) is 0 Å². The van der Waals surface area contributed by atoms with Crippen molar-refractivity contribution in [3.8, 4) is 11.6 Å². The highest BCUT2D eigenvalue weighted by atomic mass is 16.6. The average Bonchev–Trinajstić information content (AvgIpc) is 2.57. The molecule has 0 aliphatic heterocycles. The summed E-state index contributed by atoms with van der Waals surface area (Å²) in [5.74, 6) is -1.92. The van der Waals surface area contributed by atoms with Crippen LogP contribution in [-0.2, 0) is 9.53 Å². The van der Waals surface area contributed by atoms with E-state index in [0.717, 1.165) is 19.3 Å². The van der Waals surface area contributed by atoms with Crippen molar-refractivity contribution in [3.63, 3.8) is 0 Å². The Morgan fingerprint density at radius 3 is 2.67 bits per heavy atom. The van der Waals surface area contributed by atoms with Crippen LogP contribution < -0.4 is 14.8 Å². The van der Waals surface area contributed by atoms with Crippen molar-refractivity contribution in [3.05, 3.63) is 17.8 Å². The van der Waals surface area contributed by atoms with Gasteiger partial charge < -0.3 is 24.6 Å². The van der Waals surface area contributed by atoms with Crippen molar-refractivity contribution in [2.75, 3.05) is 20.3 Å². The summed E-state index contributed by atoms with van der Waals surface area (Å²) in [5.41, 5.74) is 0.154. The van der Waals surface area contributed by atoms with Crippen molar-refractivity contribution in [1.29, 1.82) is 0 Å². The molecule has 24 heavy (non-hydrogen) atoms. The third-order valence-electron chi connectivity index (χ3n) is 2.83. The van der Waals surface area contributed by atoms with Crippen molar-refractivity contribution in [2.45, 2.75) is 26.2 Å². The molecule has 0 aromatic carbocycles. The van der Waals surface area contributed by atoms with Gasteiger partial charge in [0.15, 0.2) is 5.75 Å². The molecule has 9 heteroatoms. The van der Waals surface area contributed by atoms with Gasteiger partial charge in [0.05, 0.1) is 19.3 Å². The quantitative estimate of drug-likeness (QED) is 0.513. The van der Waals surface area contributed by atoms with Gasteiger partial charge in [-0.1, -0.05) is 19.8 Å². The summed E-state index contributed by atoms with van der Waals surface area (Å²) >= 11 is 0. The third kappa shape index (κ3) is 6.51. The molecule has 0 bridgehead atoms. The highest BCUT2D eigenvalue weighted by molar-refractivity contribution is 5.89. The van der Waals surface area contributed by atoms with Crippen LogP contribution in [0.5, 0.6) is 11.6 Å². The lowest BCUT2D eigenvalue weighted by Gasteiger charge is -2.10. The first-order valence-electron chi connectivity index (χ1n) is 7.36. The first-order valence-corrected chi connectivity index (χ1v) is 7.36. The Morgan fingerprint density at radius 1 is 1.29 bits per heavy atom. The number of nitrogens with zero attached hydrogens (tertiary/aromatic N) is 1. The molecule has 0 saturated carbocycles. The third-order valence-corrected chi connectivity index (χ3v) is 2.83. The molecule has 0 unspecified atom stereocenters. The van der Waals surface area contributed by atoms with Crippen LogP contribution in [0.3, 0.4) is 0 Å². The zero-order valence-corrected chi connectivity index (χ0v) is 13.5. The maximum Gasteiger partial charge on any atom is 0.414 e. The summed E-state index contributed by atoms with van der Waals surface area (Å²) in [4.78, 5) is 37.5. The number of carbonyl (C=O) groups is 3. The molecule has 0 spiro atoms. The van der Waals surface area contributed by atoms with E-state index in [0.29, 0.717) is 6.61 Å². The van der Waals surface area contributed by atoms with Gasteiger partial charge in [0.25, 0.3) is 5.88 Å². The number of methoxy groups -OCH3 is 1. The summed E-state index contributed by atoms with van der Waals surface area (Å²) in [6.45, 7) is 1.76. The van der Waals surface area contributed by atoms with Crippen molar-refractivity contribution in [2.24, 2.45) is 0 Å². The van der Waals surface area contributed by atoms with E-state index in [1.165, 1.54) is 19.4 Å². The zero-order chi connectivity index (χ0) is 17.9. The number of rotatable bonds is 9. The van der Waals surface area contributed by atoms with Crippen LogP contribution in [0.4, 0.5) is 4.79 Å². The van der Waals surface area contributed by atoms with Gasteiger partial charge in [0, 0.05) is 12.3 Å². The summed E-state index contributed by atoms with van der Waals surface area (Å²) in [6, 6.07) is 1.33. The molecule has 9 nitrogen and oxygen atoms in total. The summed E-state index contributed by atoms with van der Waals surface area (Å²) in [6.07, 6.45) is 2.94. The number of unbranched alkanes of at least 4 members (excludes halogenated alkanes) is 2. The maximum atomic E-state index is 11.9. The van der Waals surface area contributed by atoms with E-state index in [-0.39, 0.29) is 17.2 Å². The number of aliphatic carboxylic acids is 1. The van der Waals surface area contributed by atoms with E-state index in [2.05, 4.69) is 4.98 Å². The molecule has 1 aromatic heterocycles. The number of ether oxygens (including phenoxy) is 3. The van der Waals surface area contributed by atoms with Gasteiger partial charge in [0.2, 0.25) is 0 Å². The summed E-state index contributed by atoms with van der Waals surface area (Å²) in [7, 11) is 1.31. The molecule has 1 heterocycles. The Labute approximate surface area is 138 Å². The van der Waals surface area contributed by atoms with Gasteiger partial charge in [-0.15, -0.1) is 0 Å². The van der Waals surface area contributed by atoms with Crippen LogP contribution >= 0.6 is 0 Å². The number of nitrogens with one attached hydrogen (secondary N) is 1. The molecule has 0 saturated heterocycles. The Morgan fingerprint density at radius 2 is 2.04 bits per heavy atom. The lowest BCUT2D eigenvalue weighted by Crippen LogP contribution is -2.32. The molecular formula is C15H20N2O7. The minimum Gasteiger partial charge on any atom is -0.491 e. The number of amides is 1. The fourth-order valence-corrected chi connectivity index (χ4v) is 1.64. The fraction of sp³-hybridized carbons (Fsp3) is 0.467. The standard InChI is InChI=1S/C15H20N2O7/c1-3-4-5-6-23-14(20)10-7-11(22-2)13(16-8-10)24-15(21)17-9-12(18)19/h7-8H,3-6,9H2,1-2H3,(H,17,21)(H,18,19). The van der Waals surface area contributed by atoms with Gasteiger partial charge in [0.1, 0.15) is 6.54 Å². The normalized spacial score (nSPS) is 9.92. The van der Waals surface area contributed by atoms with Gasteiger partial charge in [-0.05, 0) is 6.42 Å². The topological polar surface area (TPSA) is 124 Å². The van der Waals surface area contributed by atoms with E-state index in [9.17, 15) is 14.4 Å². The largest absolute Gasteiger partial charge is 0.491 e. The lowest BCUT2D eigenvalue weighted by atomic mass is 10.2. The average molecular weight is 340 g/mol. The summed E-state index contributed by atoms with van der Waals surface area (Å²) < 4.78 is 14.9. The number of pyridine rings is 1.